The maximum atomic E-state index is 9.25. The number of hydrogen-bond acceptors (Lipinski definition) is 3. The third kappa shape index (κ3) is 2.51. The summed E-state index contributed by atoms with van der Waals surface area (Å²) in [6, 6.07) is 5.50. The van der Waals surface area contributed by atoms with Crippen LogP contribution in [0.25, 0.3) is 0 Å². The van der Waals surface area contributed by atoms with Crippen molar-refractivity contribution >= 4 is 15.9 Å². The summed E-state index contributed by atoms with van der Waals surface area (Å²) in [7, 11) is 1.59. The van der Waals surface area contributed by atoms with E-state index in [1.54, 1.807) is 14.0 Å². The molecule has 1 aromatic rings. The molecule has 0 unspecified atom stereocenters. The van der Waals surface area contributed by atoms with Crippen molar-refractivity contribution in [2.75, 3.05) is 20.3 Å². The van der Waals surface area contributed by atoms with Gasteiger partial charge in [0, 0.05) is 5.41 Å². The molecule has 0 aromatic heterocycles. The molecule has 2 N–H and O–H groups in total. The zero-order chi connectivity index (χ0) is 11.5. The average molecular weight is 275 g/mol. The van der Waals surface area contributed by atoms with Crippen LogP contribution < -0.4 is 4.74 Å². The molecule has 3 nitrogen and oxygen atoms in total. The lowest BCUT2D eigenvalue weighted by Crippen LogP contribution is -2.30. The van der Waals surface area contributed by atoms with Crippen LogP contribution in [0.15, 0.2) is 22.7 Å². The van der Waals surface area contributed by atoms with Crippen molar-refractivity contribution in [3.63, 3.8) is 0 Å². The molecule has 0 atom stereocenters. The smallest absolute Gasteiger partial charge is 0.133 e. The first-order chi connectivity index (χ1) is 7.07. The number of hydrogen-bond donors (Lipinski definition) is 2. The highest BCUT2D eigenvalue weighted by atomic mass is 79.9. The van der Waals surface area contributed by atoms with Gasteiger partial charge in [-0.3, -0.25) is 0 Å². The van der Waals surface area contributed by atoms with Crippen molar-refractivity contribution in [1.29, 1.82) is 0 Å². The van der Waals surface area contributed by atoms with Crippen molar-refractivity contribution in [2.24, 2.45) is 0 Å². The summed E-state index contributed by atoms with van der Waals surface area (Å²) in [5.74, 6) is 0.733. The highest BCUT2D eigenvalue weighted by Crippen LogP contribution is 2.31. The van der Waals surface area contributed by atoms with Gasteiger partial charge < -0.3 is 14.9 Å². The Kier molecular flexibility index (Phi) is 4.13. The van der Waals surface area contributed by atoms with E-state index in [-0.39, 0.29) is 13.2 Å². The number of methoxy groups -OCH3 is 1. The van der Waals surface area contributed by atoms with E-state index in [2.05, 4.69) is 15.9 Å². The molecule has 0 spiro atoms. The maximum absolute atomic E-state index is 9.25. The first-order valence-electron chi connectivity index (χ1n) is 4.63. The third-order valence-corrected chi connectivity index (χ3v) is 3.17. The topological polar surface area (TPSA) is 49.7 Å². The Morgan fingerprint density at radius 1 is 1.33 bits per heavy atom. The van der Waals surface area contributed by atoms with Crippen molar-refractivity contribution in [3.05, 3.63) is 28.2 Å². The minimum absolute atomic E-state index is 0.0950. The molecule has 0 saturated heterocycles. The molecule has 0 aliphatic heterocycles. The van der Waals surface area contributed by atoms with E-state index in [1.165, 1.54) is 0 Å². The summed E-state index contributed by atoms with van der Waals surface area (Å²) in [5.41, 5.74) is 0.259. The van der Waals surface area contributed by atoms with Gasteiger partial charge in [-0.15, -0.1) is 0 Å². The fraction of sp³-hybridized carbons (Fsp3) is 0.455. The van der Waals surface area contributed by atoms with Crippen LogP contribution in [0.1, 0.15) is 12.5 Å². The molecule has 0 heterocycles. The van der Waals surface area contributed by atoms with Crippen LogP contribution in [0.4, 0.5) is 0 Å². The van der Waals surface area contributed by atoms with Crippen molar-refractivity contribution in [3.8, 4) is 5.75 Å². The van der Waals surface area contributed by atoms with E-state index in [0.717, 1.165) is 15.8 Å². The van der Waals surface area contributed by atoms with Gasteiger partial charge >= 0.3 is 0 Å². The fourth-order valence-corrected chi connectivity index (χ4v) is 1.82. The van der Waals surface area contributed by atoms with Crippen LogP contribution in [0.2, 0.25) is 0 Å². The summed E-state index contributed by atoms with van der Waals surface area (Å²) in [6.07, 6.45) is 0. The molecule has 0 fully saturated rings. The number of ether oxygens (including phenoxy) is 1. The number of benzene rings is 1. The largest absolute Gasteiger partial charge is 0.496 e. The van der Waals surface area contributed by atoms with Gasteiger partial charge in [-0.05, 0) is 33.6 Å². The second-order valence-electron chi connectivity index (χ2n) is 3.73. The standard InChI is InChI=1S/C11H15BrO3/c1-11(6-13,7-14)8-3-4-10(15-2)9(12)5-8/h3-5,13-14H,6-7H2,1-2H3. The average Bonchev–Trinajstić information content (AvgIpc) is 2.28. The maximum Gasteiger partial charge on any atom is 0.133 e. The monoisotopic (exact) mass is 274 g/mol. The summed E-state index contributed by atoms with van der Waals surface area (Å²) >= 11 is 3.37. The highest BCUT2D eigenvalue weighted by Gasteiger charge is 2.25. The lowest BCUT2D eigenvalue weighted by Gasteiger charge is -2.25. The van der Waals surface area contributed by atoms with Crippen LogP contribution in [0.3, 0.4) is 0 Å². The van der Waals surface area contributed by atoms with E-state index >= 15 is 0 Å². The zero-order valence-corrected chi connectivity index (χ0v) is 10.4. The molecule has 15 heavy (non-hydrogen) atoms. The second-order valence-corrected chi connectivity index (χ2v) is 4.58. The van der Waals surface area contributed by atoms with Gasteiger partial charge in [0.1, 0.15) is 5.75 Å². The molecule has 0 bridgehead atoms. The molecular weight excluding hydrogens is 260 g/mol. The van der Waals surface area contributed by atoms with Gasteiger partial charge in [0.15, 0.2) is 0 Å². The summed E-state index contributed by atoms with van der Waals surface area (Å²) in [6.45, 7) is 1.62. The molecule has 0 aliphatic rings. The number of halogens is 1. The quantitative estimate of drug-likeness (QED) is 0.879. The summed E-state index contributed by atoms with van der Waals surface area (Å²) in [5, 5.41) is 18.5. The molecule has 1 aromatic carbocycles. The Balaban J connectivity index is 3.11. The summed E-state index contributed by atoms with van der Waals surface area (Å²) < 4.78 is 5.92. The normalized spacial score (nSPS) is 11.5. The van der Waals surface area contributed by atoms with Gasteiger partial charge in [-0.25, -0.2) is 0 Å². The molecule has 0 radical (unpaired) electrons. The Morgan fingerprint density at radius 2 is 1.93 bits per heavy atom. The molecular formula is C11H15BrO3. The van der Waals surface area contributed by atoms with Crippen molar-refractivity contribution < 1.29 is 14.9 Å². The number of aliphatic hydroxyl groups excluding tert-OH is 2. The molecule has 0 amide bonds. The highest BCUT2D eigenvalue weighted by molar-refractivity contribution is 9.10. The molecule has 84 valence electrons. The lowest BCUT2D eigenvalue weighted by atomic mass is 9.84. The first-order valence-corrected chi connectivity index (χ1v) is 5.42. The SMILES string of the molecule is COc1ccc(C(C)(CO)CO)cc1Br. The van der Waals surface area contributed by atoms with Crippen LogP contribution in [0, 0.1) is 0 Å². The molecule has 1 rings (SSSR count). The Hall–Kier alpha value is -0.580. The minimum Gasteiger partial charge on any atom is -0.496 e. The van der Waals surface area contributed by atoms with Gasteiger partial charge in [-0.1, -0.05) is 13.0 Å². The van der Waals surface area contributed by atoms with Crippen LogP contribution in [-0.2, 0) is 5.41 Å². The predicted molar refractivity (Wildman–Crippen MR) is 62.2 cm³/mol. The molecule has 4 heteroatoms. The Morgan fingerprint density at radius 3 is 2.33 bits per heavy atom. The van der Waals surface area contributed by atoms with Crippen LogP contribution in [-0.4, -0.2) is 30.5 Å². The van der Waals surface area contributed by atoms with E-state index in [4.69, 9.17) is 4.74 Å². The van der Waals surface area contributed by atoms with Gasteiger partial charge in [-0.2, -0.15) is 0 Å². The van der Waals surface area contributed by atoms with Crippen LogP contribution in [0.5, 0.6) is 5.75 Å². The third-order valence-electron chi connectivity index (χ3n) is 2.55. The fourth-order valence-electron chi connectivity index (χ4n) is 1.27. The molecule has 0 aliphatic carbocycles. The summed E-state index contributed by atoms with van der Waals surface area (Å²) in [4.78, 5) is 0. The second kappa shape index (κ2) is 4.96. The van der Waals surface area contributed by atoms with Gasteiger partial charge in [0.05, 0.1) is 24.8 Å². The van der Waals surface area contributed by atoms with E-state index in [9.17, 15) is 10.2 Å². The van der Waals surface area contributed by atoms with E-state index in [1.807, 2.05) is 18.2 Å². The van der Waals surface area contributed by atoms with Gasteiger partial charge in [0.25, 0.3) is 0 Å². The zero-order valence-electron chi connectivity index (χ0n) is 8.83. The lowest BCUT2D eigenvalue weighted by molar-refractivity contribution is 0.129. The number of rotatable bonds is 4. The van der Waals surface area contributed by atoms with E-state index in [0.29, 0.717) is 0 Å². The molecule has 0 saturated carbocycles. The number of aliphatic hydroxyl groups is 2. The Bertz CT molecular complexity index is 335. The van der Waals surface area contributed by atoms with Gasteiger partial charge in [0.2, 0.25) is 0 Å². The Labute approximate surface area is 97.8 Å². The van der Waals surface area contributed by atoms with Crippen molar-refractivity contribution in [2.45, 2.75) is 12.3 Å². The van der Waals surface area contributed by atoms with E-state index < -0.39 is 5.41 Å². The van der Waals surface area contributed by atoms with Crippen LogP contribution >= 0.6 is 15.9 Å². The first kappa shape index (κ1) is 12.5. The minimum atomic E-state index is -0.616. The van der Waals surface area contributed by atoms with Crippen molar-refractivity contribution in [1.82, 2.24) is 0 Å². The predicted octanol–water partition coefficient (Wildman–Crippen LogP) is 1.70.